The molecule has 0 aliphatic carbocycles. The third-order valence-electron chi connectivity index (χ3n) is 5.92. The van der Waals surface area contributed by atoms with Crippen LogP contribution >= 0.6 is 0 Å². The predicted molar refractivity (Wildman–Crippen MR) is 106 cm³/mol. The molecule has 27 heavy (non-hydrogen) atoms. The van der Waals surface area contributed by atoms with Gasteiger partial charge in [0, 0.05) is 59.9 Å². The molecular formula is C18H29N7O2. The molecule has 0 atom stereocenters. The highest BCUT2D eigenvalue weighted by Crippen LogP contribution is 2.24. The Morgan fingerprint density at radius 1 is 0.889 bits per heavy atom. The SMILES string of the molecule is CN1CCN(CCCN2CCCn3c2nc2c3c(=O)n(C)c(=O)n2C)CC1. The largest absolute Gasteiger partial charge is 0.342 e. The maximum Gasteiger partial charge on any atom is 0.332 e. The van der Waals surface area contributed by atoms with E-state index in [2.05, 4.69) is 21.7 Å². The van der Waals surface area contributed by atoms with Crippen LogP contribution in [0, 0.1) is 0 Å². The molecule has 4 rings (SSSR count). The lowest BCUT2D eigenvalue weighted by molar-refractivity contribution is 0.153. The quantitative estimate of drug-likeness (QED) is 0.703. The second-order valence-corrected chi connectivity index (χ2v) is 7.78. The summed E-state index contributed by atoms with van der Waals surface area (Å²) in [5.74, 6) is 0.827. The maximum absolute atomic E-state index is 12.6. The summed E-state index contributed by atoms with van der Waals surface area (Å²) in [5, 5.41) is 0. The Morgan fingerprint density at radius 3 is 2.37 bits per heavy atom. The number of rotatable bonds is 4. The third kappa shape index (κ3) is 3.19. The molecule has 0 unspecified atom stereocenters. The summed E-state index contributed by atoms with van der Waals surface area (Å²) in [7, 11) is 5.38. The van der Waals surface area contributed by atoms with Crippen molar-refractivity contribution >= 4 is 17.1 Å². The standard InChI is InChI=1S/C18H29N7O2/c1-20-10-12-23(13-11-20)6-4-7-24-8-5-9-25-14-15(19-17(24)25)21(2)18(27)22(3)16(14)26/h4-13H2,1-3H3. The van der Waals surface area contributed by atoms with Gasteiger partial charge >= 0.3 is 5.69 Å². The molecule has 2 aliphatic rings. The topological polar surface area (TPSA) is 71.5 Å². The van der Waals surface area contributed by atoms with Crippen LogP contribution in [-0.4, -0.2) is 81.3 Å². The molecule has 0 saturated carbocycles. The maximum atomic E-state index is 12.6. The van der Waals surface area contributed by atoms with E-state index in [9.17, 15) is 9.59 Å². The summed E-state index contributed by atoms with van der Waals surface area (Å²) in [5.41, 5.74) is 0.443. The van der Waals surface area contributed by atoms with Crippen molar-refractivity contribution in [1.82, 2.24) is 28.5 Å². The number of piperazine rings is 1. The van der Waals surface area contributed by atoms with Crippen LogP contribution in [0.25, 0.3) is 11.2 Å². The highest BCUT2D eigenvalue weighted by Gasteiger charge is 2.25. The first-order valence-corrected chi connectivity index (χ1v) is 9.79. The van der Waals surface area contributed by atoms with Crippen LogP contribution in [0.3, 0.4) is 0 Å². The van der Waals surface area contributed by atoms with E-state index in [1.54, 1.807) is 7.05 Å². The first-order chi connectivity index (χ1) is 13.0. The zero-order valence-electron chi connectivity index (χ0n) is 16.5. The lowest BCUT2D eigenvalue weighted by Crippen LogP contribution is -2.45. The molecule has 0 radical (unpaired) electrons. The molecule has 1 fully saturated rings. The molecule has 2 aromatic heterocycles. The van der Waals surface area contributed by atoms with Gasteiger partial charge in [0.2, 0.25) is 5.95 Å². The number of nitrogens with zero attached hydrogens (tertiary/aromatic N) is 7. The van der Waals surface area contributed by atoms with E-state index in [0.29, 0.717) is 11.2 Å². The zero-order valence-corrected chi connectivity index (χ0v) is 16.5. The molecule has 9 heteroatoms. The van der Waals surface area contributed by atoms with Gasteiger partial charge in [0.25, 0.3) is 5.56 Å². The molecule has 0 aromatic carbocycles. The lowest BCUT2D eigenvalue weighted by Gasteiger charge is -2.33. The molecule has 0 bridgehead atoms. The van der Waals surface area contributed by atoms with Crippen LogP contribution in [0.1, 0.15) is 12.8 Å². The summed E-state index contributed by atoms with van der Waals surface area (Å²) in [6.07, 6.45) is 2.06. The van der Waals surface area contributed by atoms with Crippen LogP contribution in [-0.2, 0) is 20.6 Å². The number of hydrogen-bond donors (Lipinski definition) is 0. The first-order valence-electron chi connectivity index (χ1n) is 9.79. The number of aryl methyl sites for hydroxylation is 2. The summed E-state index contributed by atoms with van der Waals surface area (Å²) in [6, 6.07) is 0. The molecule has 148 valence electrons. The van der Waals surface area contributed by atoms with Crippen molar-refractivity contribution in [2.75, 3.05) is 57.8 Å². The average Bonchev–Trinajstić information content (AvgIpc) is 3.07. The molecule has 0 amide bonds. The molecular weight excluding hydrogens is 346 g/mol. The van der Waals surface area contributed by atoms with Crippen LogP contribution in [0.15, 0.2) is 9.59 Å². The van der Waals surface area contributed by atoms with E-state index < -0.39 is 0 Å². The minimum atomic E-state index is -0.329. The van der Waals surface area contributed by atoms with Crippen molar-refractivity contribution in [3.8, 4) is 0 Å². The van der Waals surface area contributed by atoms with Gasteiger partial charge in [0.15, 0.2) is 11.2 Å². The Hall–Kier alpha value is -2.13. The van der Waals surface area contributed by atoms with E-state index in [1.165, 1.54) is 16.2 Å². The van der Waals surface area contributed by atoms with Crippen LogP contribution < -0.4 is 16.1 Å². The molecule has 0 spiro atoms. The normalized spacial score (nSPS) is 19.0. The van der Waals surface area contributed by atoms with E-state index in [4.69, 9.17) is 4.98 Å². The Morgan fingerprint density at radius 2 is 1.63 bits per heavy atom. The van der Waals surface area contributed by atoms with Gasteiger partial charge in [-0.3, -0.25) is 13.9 Å². The van der Waals surface area contributed by atoms with Crippen LogP contribution in [0.2, 0.25) is 0 Å². The Kier molecular flexibility index (Phi) is 4.81. The molecule has 2 aromatic rings. The Balaban J connectivity index is 1.55. The van der Waals surface area contributed by atoms with Crippen molar-refractivity contribution in [1.29, 1.82) is 0 Å². The average molecular weight is 375 g/mol. The number of aromatic nitrogens is 4. The van der Waals surface area contributed by atoms with Gasteiger partial charge in [-0.25, -0.2) is 4.79 Å². The van der Waals surface area contributed by atoms with Crippen LogP contribution in [0.5, 0.6) is 0 Å². The smallest absolute Gasteiger partial charge is 0.332 e. The fourth-order valence-electron chi connectivity index (χ4n) is 4.18. The van der Waals surface area contributed by atoms with E-state index in [1.807, 2.05) is 4.57 Å². The summed E-state index contributed by atoms with van der Waals surface area (Å²) >= 11 is 0. The number of imidazole rings is 1. The second-order valence-electron chi connectivity index (χ2n) is 7.78. The summed E-state index contributed by atoms with van der Waals surface area (Å²) in [4.78, 5) is 36.7. The molecule has 9 nitrogen and oxygen atoms in total. The van der Waals surface area contributed by atoms with E-state index in [-0.39, 0.29) is 11.2 Å². The van der Waals surface area contributed by atoms with Crippen molar-refractivity contribution in [3.63, 3.8) is 0 Å². The minimum Gasteiger partial charge on any atom is -0.342 e. The van der Waals surface area contributed by atoms with E-state index >= 15 is 0 Å². The highest BCUT2D eigenvalue weighted by atomic mass is 16.2. The van der Waals surface area contributed by atoms with Gasteiger partial charge < -0.3 is 19.3 Å². The predicted octanol–water partition coefficient (Wildman–Crippen LogP) is -0.719. The highest BCUT2D eigenvalue weighted by molar-refractivity contribution is 5.74. The van der Waals surface area contributed by atoms with Gasteiger partial charge in [-0.2, -0.15) is 4.98 Å². The minimum absolute atomic E-state index is 0.258. The van der Waals surface area contributed by atoms with Crippen LogP contribution in [0.4, 0.5) is 5.95 Å². The number of likely N-dealkylation sites (N-methyl/N-ethyl adjacent to an activating group) is 1. The molecule has 1 saturated heterocycles. The number of fused-ring (bicyclic) bond motifs is 3. The number of hydrogen-bond acceptors (Lipinski definition) is 6. The van der Waals surface area contributed by atoms with Gasteiger partial charge in [0.1, 0.15) is 0 Å². The van der Waals surface area contributed by atoms with Crippen molar-refractivity contribution < 1.29 is 0 Å². The fourth-order valence-corrected chi connectivity index (χ4v) is 4.18. The first kappa shape index (κ1) is 18.2. The van der Waals surface area contributed by atoms with Gasteiger partial charge in [-0.15, -0.1) is 0 Å². The fraction of sp³-hybridized carbons (Fsp3) is 0.722. The molecule has 2 aliphatic heterocycles. The van der Waals surface area contributed by atoms with E-state index in [0.717, 1.165) is 71.1 Å². The summed E-state index contributed by atoms with van der Waals surface area (Å²) < 4.78 is 4.64. The second kappa shape index (κ2) is 7.12. The van der Waals surface area contributed by atoms with Crippen molar-refractivity contribution in [3.05, 3.63) is 20.8 Å². The zero-order chi connectivity index (χ0) is 19.1. The monoisotopic (exact) mass is 375 g/mol. The Labute approximate surface area is 158 Å². The third-order valence-corrected chi connectivity index (χ3v) is 5.92. The van der Waals surface area contributed by atoms with Crippen molar-refractivity contribution in [2.45, 2.75) is 19.4 Å². The molecule has 0 N–H and O–H groups in total. The van der Waals surface area contributed by atoms with Gasteiger partial charge in [0.05, 0.1) is 0 Å². The summed E-state index contributed by atoms with van der Waals surface area (Å²) in [6.45, 7) is 8.26. The Bertz CT molecular complexity index is 949. The van der Waals surface area contributed by atoms with Crippen molar-refractivity contribution in [2.24, 2.45) is 14.1 Å². The van der Waals surface area contributed by atoms with Gasteiger partial charge in [-0.05, 0) is 26.4 Å². The lowest BCUT2D eigenvalue weighted by atomic mass is 10.2. The van der Waals surface area contributed by atoms with Gasteiger partial charge in [-0.1, -0.05) is 0 Å². The molecule has 4 heterocycles. The number of anilines is 1.